The average Bonchev–Trinajstić information content (AvgIpc) is 3.08. The van der Waals surface area contributed by atoms with Crippen molar-refractivity contribution in [3.8, 4) is 0 Å². The summed E-state index contributed by atoms with van der Waals surface area (Å²) < 4.78 is 32.7. The average molecular weight is 718 g/mol. The molecule has 0 saturated carbocycles. The third-order valence-corrected chi connectivity index (χ3v) is 16.2. The minimum atomic E-state index is -6.20. The van der Waals surface area contributed by atoms with Gasteiger partial charge in [-0.15, -0.1) is 0 Å². The SMILES string of the molecule is CN/C(=C\[N+](=O)[O][Bi]12([O]CC(=O)O)[O]C(O)CCC([O]1)[O]2)NCCSCc1ccc(CN(C)C)o1. The van der Waals surface area contributed by atoms with Crippen molar-refractivity contribution in [2.24, 2.45) is 0 Å². The van der Waals surface area contributed by atoms with Gasteiger partial charge in [0.2, 0.25) is 0 Å². The van der Waals surface area contributed by atoms with Crippen LogP contribution in [0.1, 0.15) is 24.4 Å². The molecule has 3 fully saturated rings. The van der Waals surface area contributed by atoms with Crippen LogP contribution in [-0.4, -0.2) is 99.6 Å². The van der Waals surface area contributed by atoms with E-state index in [9.17, 15) is 14.8 Å². The topological polar surface area (TPSA) is 164 Å². The molecule has 35 heavy (non-hydrogen) atoms. The van der Waals surface area contributed by atoms with Crippen LogP contribution in [0.4, 0.5) is 0 Å². The van der Waals surface area contributed by atoms with Gasteiger partial charge < -0.3 is 4.90 Å². The maximum absolute atomic E-state index is 12.6. The van der Waals surface area contributed by atoms with Crippen molar-refractivity contribution in [3.63, 3.8) is 0 Å². The Morgan fingerprint density at radius 1 is 1.31 bits per heavy atom. The molecule has 4 rings (SSSR count). The molecule has 4 heterocycles. The summed E-state index contributed by atoms with van der Waals surface area (Å²) in [4.78, 5) is 25.6. The van der Waals surface area contributed by atoms with E-state index in [4.69, 9.17) is 23.7 Å². The van der Waals surface area contributed by atoms with Gasteiger partial charge in [0.1, 0.15) is 0 Å². The monoisotopic (exact) mass is 717 g/mol. The van der Waals surface area contributed by atoms with Crippen LogP contribution in [0.15, 0.2) is 28.6 Å². The summed E-state index contributed by atoms with van der Waals surface area (Å²) in [6, 6.07) is 3.92. The molecule has 1 atom stereocenters. The van der Waals surface area contributed by atoms with Gasteiger partial charge in [0.15, 0.2) is 0 Å². The second-order valence-corrected chi connectivity index (χ2v) is 18.9. The molecular weight excluding hydrogens is 685 g/mol. The van der Waals surface area contributed by atoms with Crippen LogP contribution in [-0.2, 0) is 31.3 Å². The van der Waals surface area contributed by atoms with Gasteiger partial charge in [-0.1, -0.05) is 0 Å². The van der Waals surface area contributed by atoms with Crippen LogP contribution >= 0.6 is 11.8 Å². The van der Waals surface area contributed by atoms with Crippen molar-refractivity contribution >= 4 is 38.7 Å². The van der Waals surface area contributed by atoms with E-state index in [1.165, 1.54) is 0 Å². The van der Waals surface area contributed by atoms with Crippen molar-refractivity contribution in [1.82, 2.24) is 15.5 Å². The first-order valence-electron chi connectivity index (χ1n) is 10.8. The van der Waals surface area contributed by atoms with Crippen LogP contribution in [0.25, 0.3) is 0 Å². The summed E-state index contributed by atoms with van der Waals surface area (Å²) in [6.45, 7) is 0.377. The van der Waals surface area contributed by atoms with Gasteiger partial charge in [-0.05, 0) is 14.1 Å². The number of aliphatic carboxylic acids is 1. The molecule has 16 heteroatoms. The first-order valence-corrected chi connectivity index (χ1v) is 19.1. The Morgan fingerprint density at radius 3 is 2.74 bits per heavy atom. The Hall–Kier alpha value is -1.52. The van der Waals surface area contributed by atoms with Crippen molar-refractivity contribution in [2.45, 2.75) is 37.7 Å². The number of fused-ring (bicyclic) bond motifs is 3. The third kappa shape index (κ3) is 7.98. The number of thioether (sulfide) groups is 1. The van der Waals surface area contributed by atoms with Crippen LogP contribution in [0.5, 0.6) is 0 Å². The molecule has 198 valence electrons. The van der Waals surface area contributed by atoms with Crippen molar-refractivity contribution in [1.29, 1.82) is 0 Å². The molecule has 0 aromatic carbocycles. The van der Waals surface area contributed by atoms with Crippen LogP contribution in [0.2, 0.25) is 0 Å². The molecule has 0 aliphatic carbocycles. The van der Waals surface area contributed by atoms with Crippen molar-refractivity contribution in [2.75, 3.05) is 40.0 Å². The number of carboxylic acid groups (broad SMARTS) is 1. The predicted octanol–water partition coefficient (Wildman–Crippen LogP) is 0.382. The summed E-state index contributed by atoms with van der Waals surface area (Å²) in [5, 5.41) is 24.9. The Bertz CT molecular complexity index is 923. The zero-order valence-electron chi connectivity index (χ0n) is 19.7. The number of carbonyl (C=O) groups is 1. The van der Waals surface area contributed by atoms with E-state index in [0.29, 0.717) is 18.1 Å². The first-order chi connectivity index (χ1) is 16.6. The van der Waals surface area contributed by atoms with E-state index in [2.05, 4.69) is 10.6 Å². The molecule has 3 aliphatic rings. The van der Waals surface area contributed by atoms with Crippen LogP contribution < -0.4 is 10.6 Å². The minimum absolute atomic E-state index is 0.0182. The molecule has 14 nitrogen and oxygen atoms in total. The molecule has 0 radical (unpaired) electrons. The number of aliphatic hydroxyl groups excluding tert-OH is 1. The number of carboxylic acids is 1. The number of aliphatic hydroxyl groups is 1. The second kappa shape index (κ2) is 12.1. The number of rotatable bonds is 15. The fourth-order valence-corrected chi connectivity index (χ4v) is 13.9. The molecule has 1 aromatic rings. The van der Waals surface area contributed by atoms with Crippen LogP contribution in [0.3, 0.4) is 0 Å². The number of hydrogen-bond acceptors (Lipinski definition) is 13. The van der Waals surface area contributed by atoms with Gasteiger partial charge in [0.25, 0.3) is 0 Å². The van der Waals surface area contributed by atoms with E-state index in [0.717, 1.165) is 30.0 Å². The first kappa shape index (κ1) is 28.1. The van der Waals surface area contributed by atoms with Gasteiger partial charge in [-0.25, -0.2) is 0 Å². The molecule has 3 aliphatic heterocycles. The van der Waals surface area contributed by atoms with Gasteiger partial charge in [-0.2, -0.15) is 0 Å². The van der Waals surface area contributed by atoms with Gasteiger partial charge in [-0.3, -0.25) is 0 Å². The van der Waals surface area contributed by atoms with E-state index in [-0.39, 0.29) is 17.8 Å². The van der Waals surface area contributed by atoms with Crippen molar-refractivity contribution < 1.29 is 38.5 Å². The molecule has 1 unspecified atom stereocenters. The quantitative estimate of drug-likeness (QED) is 0.112. The normalized spacial score (nSPS) is 23.9. The zero-order valence-corrected chi connectivity index (χ0v) is 24.0. The fraction of sp³-hybridized carbons (Fsp3) is 0.632. The molecule has 1 aromatic heterocycles. The van der Waals surface area contributed by atoms with E-state index in [1.807, 2.05) is 31.1 Å². The molecule has 0 amide bonds. The molecular formula is C19H32BiN4O10S+. The number of furan rings is 1. The van der Waals surface area contributed by atoms with Gasteiger partial charge in [0.05, 0.1) is 6.54 Å². The Morgan fingerprint density at radius 2 is 2.06 bits per heavy atom. The van der Waals surface area contributed by atoms with E-state index in [1.54, 1.807) is 18.8 Å². The summed E-state index contributed by atoms with van der Waals surface area (Å²) in [6.07, 6.45) is -0.730. The fourth-order valence-electron chi connectivity index (χ4n) is 3.20. The Labute approximate surface area is 210 Å². The standard InChI is InChI=1S/C13H22N4O3S.C4H7O4.C2H3O3.Bi/c1-14-13(9-17(18)19)15-6-7-21-10-12-5-4-11(20-12)8-16(2)3;5-3(6)1-2-4(7)8;3-1-2(4)5;/h4-5,9,14-15H,6-8,10H2,1-3H3;3-5H,1-2H2;1H2,(H,4,5);/q;-3;-1;+5/b13-9+;;;. The number of hydrogen-bond donors (Lipinski definition) is 4. The molecule has 3 saturated heterocycles. The molecule has 2 bridgehead atoms. The Balaban J connectivity index is 1.50. The number of nitrogens with zero attached hydrogens (tertiary/aromatic N) is 2. The zero-order chi connectivity index (χ0) is 25.5. The van der Waals surface area contributed by atoms with E-state index >= 15 is 0 Å². The molecule has 0 spiro atoms. The third-order valence-electron chi connectivity index (χ3n) is 4.63. The molecule has 4 N–H and O–H groups in total. The van der Waals surface area contributed by atoms with E-state index < -0.39 is 46.1 Å². The summed E-state index contributed by atoms with van der Waals surface area (Å²) in [5.74, 6) is 2.19. The summed E-state index contributed by atoms with van der Waals surface area (Å²) >= 11 is -4.55. The number of nitrogens with one attached hydrogen (secondary N) is 2. The Kier molecular flexibility index (Phi) is 9.74. The second-order valence-electron chi connectivity index (χ2n) is 7.94. The van der Waals surface area contributed by atoms with Gasteiger partial charge in [0, 0.05) is 0 Å². The maximum atomic E-state index is 12.6. The van der Waals surface area contributed by atoms with Gasteiger partial charge >= 0.3 is 186 Å². The summed E-state index contributed by atoms with van der Waals surface area (Å²) in [5.41, 5.74) is 0. The van der Waals surface area contributed by atoms with Crippen LogP contribution in [0, 0.1) is 4.91 Å². The van der Waals surface area contributed by atoms with Crippen molar-refractivity contribution in [3.05, 3.63) is 40.6 Å². The predicted molar refractivity (Wildman–Crippen MR) is 124 cm³/mol. The summed E-state index contributed by atoms with van der Waals surface area (Å²) in [7, 11) is 5.56.